The van der Waals surface area contributed by atoms with Crippen LogP contribution in [-0.4, -0.2) is 35.6 Å². The summed E-state index contributed by atoms with van der Waals surface area (Å²) in [6.07, 6.45) is 0.255. The van der Waals surface area contributed by atoms with E-state index in [9.17, 15) is 14.3 Å². The lowest BCUT2D eigenvalue weighted by Crippen LogP contribution is -2.30. The number of aryl methyl sites for hydroxylation is 1. The number of benzene rings is 2. The molecule has 0 saturated carbocycles. The summed E-state index contributed by atoms with van der Waals surface area (Å²) in [4.78, 5) is 12.9. The Morgan fingerprint density at radius 2 is 1.93 bits per heavy atom. The average molecular weight is 448 g/mol. The maximum Gasteiger partial charge on any atom is 0.250 e. The average Bonchev–Trinajstić information content (AvgIpc) is 3.17. The SMILES string of the molecule is O=C(NCCCc1ccccc1)C1=C(C(O)CBr)COC1c1ccc(F)cc1. The molecule has 0 saturated heterocycles. The Bertz CT molecular complexity index is 823. The van der Waals surface area contributed by atoms with E-state index in [0.29, 0.717) is 28.6 Å². The highest BCUT2D eigenvalue weighted by Crippen LogP contribution is 2.36. The molecule has 0 fully saturated rings. The van der Waals surface area contributed by atoms with Gasteiger partial charge in [0, 0.05) is 11.9 Å². The van der Waals surface area contributed by atoms with Crippen molar-refractivity contribution in [2.75, 3.05) is 18.5 Å². The van der Waals surface area contributed by atoms with Gasteiger partial charge in [-0.2, -0.15) is 0 Å². The van der Waals surface area contributed by atoms with Gasteiger partial charge in [-0.25, -0.2) is 4.39 Å². The Morgan fingerprint density at radius 3 is 2.61 bits per heavy atom. The van der Waals surface area contributed by atoms with Crippen LogP contribution >= 0.6 is 15.9 Å². The molecule has 3 rings (SSSR count). The summed E-state index contributed by atoms with van der Waals surface area (Å²) in [6.45, 7) is 0.687. The molecule has 28 heavy (non-hydrogen) atoms. The normalized spacial score (nSPS) is 17.6. The highest BCUT2D eigenvalue weighted by molar-refractivity contribution is 9.09. The van der Waals surface area contributed by atoms with E-state index >= 15 is 0 Å². The molecule has 1 aliphatic heterocycles. The topological polar surface area (TPSA) is 58.6 Å². The lowest BCUT2D eigenvalue weighted by molar-refractivity contribution is -0.118. The third-order valence-corrected chi connectivity index (χ3v) is 5.36. The van der Waals surface area contributed by atoms with Crippen LogP contribution in [0, 0.1) is 5.82 Å². The molecule has 1 amide bonds. The zero-order valence-electron chi connectivity index (χ0n) is 15.4. The van der Waals surface area contributed by atoms with E-state index in [2.05, 4.69) is 33.4 Å². The molecular weight excluding hydrogens is 425 g/mol. The van der Waals surface area contributed by atoms with Gasteiger partial charge in [-0.05, 0) is 41.7 Å². The maximum absolute atomic E-state index is 13.3. The van der Waals surface area contributed by atoms with Crippen molar-refractivity contribution in [3.63, 3.8) is 0 Å². The molecule has 148 valence electrons. The Kier molecular flexibility index (Phi) is 7.36. The summed E-state index contributed by atoms with van der Waals surface area (Å²) in [7, 11) is 0. The zero-order chi connectivity index (χ0) is 19.9. The predicted molar refractivity (Wildman–Crippen MR) is 110 cm³/mol. The second-order valence-corrected chi connectivity index (χ2v) is 7.34. The molecule has 1 heterocycles. The summed E-state index contributed by atoms with van der Waals surface area (Å²) in [5.74, 6) is -0.603. The van der Waals surface area contributed by atoms with Crippen LogP contribution in [0.3, 0.4) is 0 Å². The summed E-state index contributed by atoms with van der Waals surface area (Å²) in [5.41, 5.74) is 2.89. The van der Waals surface area contributed by atoms with E-state index in [1.807, 2.05) is 18.2 Å². The molecule has 0 spiro atoms. The first-order valence-corrected chi connectivity index (χ1v) is 10.4. The second-order valence-electron chi connectivity index (χ2n) is 6.70. The predicted octanol–water partition coefficient (Wildman–Crippen LogP) is 3.70. The molecule has 0 aliphatic carbocycles. The van der Waals surface area contributed by atoms with Crippen molar-refractivity contribution in [1.29, 1.82) is 0 Å². The van der Waals surface area contributed by atoms with Crippen LogP contribution in [0.5, 0.6) is 0 Å². The van der Waals surface area contributed by atoms with Crippen LogP contribution in [-0.2, 0) is 16.0 Å². The number of aliphatic hydroxyl groups excluding tert-OH is 1. The quantitative estimate of drug-likeness (QED) is 0.479. The Balaban J connectivity index is 1.69. The third kappa shape index (κ3) is 5.07. The molecule has 1 aliphatic rings. The summed E-state index contributed by atoms with van der Waals surface area (Å²) in [6, 6.07) is 16.0. The van der Waals surface area contributed by atoms with Crippen LogP contribution in [0.15, 0.2) is 65.7 Å². The van der Waals surface area contributed by atoms with Crippen molar-refractivity contribution in [3.05, 3.63) is 82.7 Å². The Hall–Kier alpha value is -2.02. The zero-order valence-corrected chi connectivity index (χ0v) is 17.0. The molecule has 0 radical (unpaired) electrons. The fourth-order valence-electron chi connectivity index (χ4n) is 3.27. The fraction of sp³-hybridized carbons (Fsp3) is 0.318. The van der Waals surface area contributed by atoms with Gasteiger partial charge >= 0.3 is 0 Å². The second kappa shape index (κ2) is 9.96. The van der Waals surface area contributed by atoms with Gasteiger partial charge in [-0.15, -0.1) is 0 Å². The Labute approximate surface area is 172 Å². The molecule has 2 atom stereocenters. The van der Waals surface area contributed by atoms with E-state index in [1.54, 1.807) is 12.1 Å². The number of amides is 1. The van der Waals surface area contributed by atoms with Crippen LogP contribution in [0.25, 0.3) is 0 Å². The molecule has 0 bridgehead atoms. The van der Waals surface area contributed by atoms with Crippen molar-refractivity contribution < 1.29 is 19.0 Å². The fourth-order valence-corrected chi connectivity index (χ4v) is 3.66. The molecular formula is C22H23BrFNO3. The lowest BCUT2D eigenvalue weighted by Gasteiger charge is -2.16. The summed E-state index contributed by atoms with van der Waals surface area (Å²) in [5, 5.41) is 13.5. The van der Waals surface area contributed by atoms with Crippen LogP contribution < -0.4 is 5.32 Å². The molecule has 2 N–H and O–H groups in total. The number of ether oxygens (including phenoxy) is 1. The molecule has 0 aromatic heterocycles. The summed E-state index contributed by atoms with van der Waals surface area (Å²) < 4.78 is 19.0. The van der Waals surface area contributed by atoms with Crippen LogP contribution in [0.4, 0.5) is 4.39 Å². The minimum absolute atomic E-state index is 0.168. The minimum Gasteiger partial charge on any atom is -0.388 e. The van der Waals surface area contributed by atoms with Gasteiger partial charge < -0.3 is 15.2 Å². The van der Waals surface area contributed by atoms with Gasteiger partial charge in [-0.1, -0.05) is 58.4 Å². The van der Waals surface area contributed by atoms with E-state index in [4.69, 9.17) is 4.74 Å². The van der Waals surface area contributed by atoms with Crippen molar-refractivity contribution in [1.82, 2.24) is 5.32 Å². The highest BCUT2D eigenvalue weighted by atomic mass is 79.9. The monoisotopic (exact) mass is 447 g/mol. The number of carbonyl (C=O) groups is 1. The number of halogens is 2. The van der Waals surface area contributed by atoms with E-state index in [1.165, 1.54) is 17.7 Å². The van der Waals surface area contributed by atoms with Gasteiger partial charge in [0.15, 0.2) is 0 Å². The first-order valence-electron chi connectivity index (χ1n) is 9.26. The van der Waals surface area contributed by atoms with E-state index < -0.39 is 12.2 Å². The largest absolute Gasteiger partial charge is 0.388 e. The van der Waals surface area contributed by atoms with Gasteiger partial charge in [-0.3, -0.25) is 4.79 Å². The van der Waals surface area contributed by atoms with Crippen LogP contribution in [0.2, 0.25) is 0 Å². The minimum atomic E-state index is -0.810. The molecule has 2 aromatic rings. The van der Waals surface area contributed by atoms with Gasteiger partial charge in [0.2, 0.25) is 5.91 Å². The Morgan fingerprint density at radius 1 is 1.21 bits per heavy atom. The summed E-state index contributed by atoms with van der Waals surface area (Å²) >= 11 is 3.26. The van der Waals surface area contributed by atoms with Gasteiger partial charge in [0.25, 0.3) is 0 Å². The van der Waals surface area contributed by atoms with Crippen molar-refractivity contribution in [3.8, 4) is 0 Å². The first kappa shape index (κ1) is 20.7. The van der Waals surface area contributed by atoms with Crippen molar-refractivity contribution in [2.24, 2.45) is 0 Å². The number of nitrogens with one attached hydrogen (secondary N) is 1. The van der Waals surface area contributed by atoms with Crippen molar-refractivity contribution >= 4 is 21.8 Å². The molecule has 2 aromatic carbocycles. The smallest absolute Gasteiger partial charge is 0.250 e. The lowest BCUT2D eigenvalue weighted by atomic mass is 9.96. The number of carbonyl (C=O) groups excluding carboxylic acids is 1. The van der Waals surface area contributed by atoms with E-state index in [-0.39, 0.29) is 18.3 Å². The molecule has 6 heteroatoms. The standard InChI is InChI=1S/C22H23BrFNO3/c23-13-19(26)18-14-28-21(16-8-10-17(24)11-9-16)20(18)22(27)25-12-4-7-15-5-2-1-3-6-15/h1-3,5-6,8-11,19,21,26H,4,7,12-14H2,(H,25,27). The van der Waals surface area contributed by atoms with Crippen LogP contribution in [0.1, 0.15) is 23.7 Å². The van der Waals surface area contributed by atoms with Gasteiger partial charge in [0.1, 0.15) is 11.9 Å². The number of hydrogen-bond donors (Lipinski definition) is 2. The number of rotatable bonds is 8. The molecule has 2 unspecified atom stereocenters. The number of aliphatic hydroxyl groups is 1. The van der Waals surface area contributed by atoms with Crippen molar-refractivity contribution in [2.45, 2.75) is 25.0 Å². The number of hydrogen-bond acceptors (Lipinski definition) is 3. The molecule has 4 nitrogen and oxygen atoms in total. The first-order chi connectivity index (χ1) is 13.6. The third-order valence-electron chi connectivity index (χ3n) is 4.75. The maximum atomic E-state index is 13.3. The number of alkyl halides is 1. The highest BCUT2D eigenvalue weighted by Gasteiger charge is 2.35. The van der Waals surface area contributed by atoms with E-state index in [0.717, 1.165) is 12.8 Å². The van der Waals surface area contributed by atoms with Gasteiger partial charge in [0.05, 0.1) is 18.3 Å².